The van der Waals surface area contributed by atoms with Crippen molar-refractivity contribution < 1.29 is 23.5 Å². The van der Waals surface area contributed by atoms with Crippen molar-refractivity contribution >= 4 is 22.6 Å². The number of ether oxygens (including phenoxy) is 2. The maximum absolute atomic E-state index is 12.6. The molecule has 6 heteroatoms. The second-order valence-corrected chi connectivity index (χ2v) is 6.84. The summed E-state index contributed by atoms with van der Waals surface area (Å²) >= 11 is 0. The summed E-state index contributed by atoms with van der Waals surface area (Å²) in [5.74, 6) is 0.978. The average Bonchev–Trinajstić information content (AvgIpc) is 3.27. The van der Waals surface area contributed by atoms with Crippen molar-refractivity contribution in [2.45, 2.75) is 12.8 Å². The molecule has 1 aliphatic heterocycles. The number of carbonyl (C=O) groups excluding carboxylic acids is 2. The van der Waals surface area contributed by atoms with E-state index in [0.29, 0.717) is 37.4 Å². The summed E-state index contributed by atoms with van der Waals surface area (Å²) in [6.07, 6.45) is 2.63. The second kappa shape index (κ2) is 7.76. The summed E-state index contributed by atoms with van der Waals surface area (Å²) in [6, 6.07) is 14.7. The normalized spacial score (nSPS) is 14.8. The van der Waals surface area contributed by atoms with Crippen molar-refractivity contribution in [3.8, 4) is 11.5 Å². The van der Waals surface area contributed by atoms with Gasteiger partial charge in [-0.2, -0.15) is 0 Å². The van der Waals surface area contributed by atoms with E-state index in [1.807, 2.05) is 30.3 Å². The monoisotopic (exact) mass is 379 g/mol. The van der Waals surface area contributed by atoms with E-state index in [4.69, 9.17) is 13.9 Å². The van der Waals surface area contributed by atoms with E-state index in [9.17, 15) is 9.59 Å². The van der Waals surface area contributed by atoms with Gasteiger partial charge in [0, 0.05) is 13.1 Å². The van der Waals surface area contributed by atoms with Crippen LogP contribution in [0.5, 0.6) is 11.5 Å². The van der Waals surface area contributed by atoms with Gasteiger partial charge in [0.05, 0.1) is 19.3 Å². The van der Waals surface area contributed by atoms with E-state index in [0.717, 1.165) is 16.5 Å². The van der Waals surface area contributed by atoms with Crippen molar-refractivity contribution in [1.82, 2.24) is 4.90 Å². The van der Waals surface area contributed by atoms with Crippen LogP contribution in [0.3, 0.4) is 0 Å². The van der Waals surface area contributed by atoms with Crippen LogP contribution in [0.4, 0.5) is 0 Å². The Hall–Kier alpha value is -3.28. The molecule has 0 N–H and O–H groups in total. The minimum atomic E-state index is -0.257. The number of methoxy groups -OCH3 is 1. The molecule has 0 bridgehead atoms. The number of rotatable bonds is 4. The first-order valence-electron chi connectivity index (χ1n) is 9.26. The zero-order chi connectivity index (χ0) is 19.5. The summed E-state index contributed by atoms with van der Waals surface area (Å²) < 4.78 is 16.0. The highest BCUT2D eigenvalue weighted by atomic mass is 16.5. The molecule has 1 amide bonds. The molecule has 0 aliphatic carbocycles. The van der Waals surface area contributed by atoms with Crippen LogP contribution in [0.15, 0.2) is 59.2 Å². The van der Waals surface area contributed by atoms with Crippen LogP contribution < -0.4 is 9.47 Å². The predicted octanol–water partition coefficient (Wildman–Crippen LogP) is 3.90. The summed E-state index contributed by atoms with van der Waals surface area (Å²) in [5.41, 5.74) is 0. The van der Waals surface area contributed by atoms with Gasteiger partial charge in [-0.1, -0.05) is 12.1 Å². The molecule has 0 spiro atoms. The third-order valence-electron chi connectivity index (χ3n) is 5.08. The fourth-order valence-corrected chi connectivity index (χ4v) is 3.47. The molecule has 0 saturated carbocycles. The van der Waals surface area contributed by atoms with Crippen LogP contribution >= 0.6 is 0 Å². The molecular formula is C22H21NO5. The highest BCUT2D eigenvalue weighted by Gasteiger charge is 2.30. The third kappa shape index (κ3) is 3.71. The Morgan fingerprint density at radius 2 is 1.71 bits per heavy atom. The van der Waals surface area contributed by atoms with E-state index in [1.165, 1.54) is 6.26 Å². The SMILES string of the molecule is COc1ccc2ccc(OC(=O)C3CCN(C(=O)c4ccco4)CC3)cc2c1. The summed E-state index contributed by atoms with van der Waals surface area (Å²) in [7, 11) is 1.62. The number of furan rings is 1. The molecule has 144 valence electrons. The van der Waals surface area contributed by atoms with Crippen molar-refractivity contribution in [2.75, 3.05) is 20.2 Å². The Morgan fingerprint density at radius 1 is 1.00 bits per heavy atom. The molecule has 2 aromatic carbocycles. The lowest BCUT2D eigenvalue weighted by atomic mass is 9.97. The fraction of sp³-hybridized carbons (Fsp3) is 0.273. The molecule has 28 heavy (non-hydrogen) atoms. The number of carbonyl (C=O) groups is 2. The number of nitrogens with zero attached hydrogens (tertiary/aromatic N) is 1. The molecule has 3 aromatic rings. The van der Waals surface area contributed by atoms with Gasteiger partial charge in [-0.15, -0.1) is 0 Å². The molecule has 4 rings (SSSR count). The van der Waals surface area contributed by atoms with Gasteiger partial charge in [-0.05, 0) is 60.0 Å². The van der Waals surface area contributed by atoms with Gasteiger partial charge in [-0.3, -0.25) is 9.59 Å². The molecule has 1 saturated heterocycles. The number of piperidine rings is 1. The molecule has 0 radical (unpaired) electrons. The topological polar surface area (TPSA) is 69.0 Å². The molecule has 1 aliphatic rings. The van der Waals surface area contributed by atoms with Crippen LogP contribution in [-0.2, 0) is 4.79 Å². The Bertz CT molecular complexity index is 987. The van der Waals surface area contributed by atoms with Crippen LogP contribution in [0.25, 0.3) is 10.8 Å². The maximum atomic E-state index is 12.6. The number of hydrogen-bond acceptors (Lipinski definition) is 5. The largest absolute Gasteiger partial charge is 0.497 e. The zero-order valence-corrected chi connectivity index (χ0v) is 15.6. The maximum Gasteiger partial charge on any atom is 0.314 e. The Labute approximate surface area is 162 Å². The Morgan fingerprint density at radius 3 is 2.39 bits per heavy atom. The van der Waals surface area contributed by atoms with Gasteiger partial charge >= 0.3 is 5.97 Å². The Balaban J connectivity index is 1.38. The van der Waals surface area contributed by atoms with E-state index in [-0.39, 0.29) is 17.8 Å². The number of amides is 1. The first-order valence-corrected chi connectivity index (χ1v) is 9.26. The van der Waals surface area contributed by atoms with Gasteiger partial charge in [0.15, 0.2) is 5.76 Å². The van der Waals surface area contributed by atoms with Crippen molar-refractivity contribution in [3.63, 3.8) is 0 Å². The predicted molar refractivity (Wildman–Crippen MR) is 103 cm³/mol. The first-order chi connectivity index (χ1) is 13.6. The van der Waals surface area contributed by atoms with Gasteiger partial charge in [0.1, 0.15) is 11.5 Å². The van der Waals surface area contributed by atoms with Gasteiger partial charge in [0.2, 0.25) is 0 Å². The van der Waals surface area contributed by atoms with Crippen molar-refractivity contribution in [3.05, 3.63) is 60.6 Å². The lowest BCUT2D eigenvalue weighted by molar-refractivity contribution is -0.140. The fourth-order valence-electron chi connectivity index (χ4n) is 3.47. The lowest BCUT2D eigenvalue weighted by Crippen LogP contribution is -2.41. The average molecular weight is 379 g/mol. The number of hydrogen-bond donors (Lipinski definition) is 0. The zero-order valence-electron chi connectivity index (χ0n) is 15.6. The minimum absolute atomic E-state index is 0.139. The molecule has 0 atom stereocenters. The molecular weight excluding hydrogens is 358 g/mol. The Kier molecular flexibility index (Phi) is 5.02. The number of likely N-dealkylation sites (tertiary alicyclic amines) is 1. The highest BCUT2D eigenvalue weighted by molar-refractivity contribution is 5.91. The summed E-state index contributed by atoms with van der Waals surface area (Å²) in [6.45, 7) is 1.02. The molecule has 2 heterocycles. The standard InChI is InChI=1S/C22H21NO5/c1-26-18-6-4-15-5-7-19(14-17(15)13-18)28-22(25)16-8-10-23(11-9-16)21(24)20-3-2-12-27-20/h2-7,12-14,16H,8-11H2,1H3. The van der Waals surface area contributed by atoms with Gasteiger partial charge in [0.25, 0.3) is 5.91 Å². The molecule has 6 nitrogen and oxygen atoms in total. The molecule has 1 fully saturated rings. The van der Waals surface area contributed by atoms with Gasteiger partial charge < -0.3 is 18.8 Å². The smallest absolute Gasteiger partial charge is 0.314 e. The van der Waals surface area contributed by atoms with Gasteiger partial charge in [-0.25, -0.2) is 0 Å². The van der Waals surface area contributed by atoms with Crippen LogP contribution in [-0.4, -0.2) is 37.0 Å². The number of benzene rings is 2. The number of esters is 1. The lowest BCUT2D eigenvalue weighted by Gasteiger charge is -2.30. The second-order valence-electron chi connectivity index (χ2n) is 6.84. The quantitative estimate of drug-likeness (QED) is 0.508. The molecule has 1 aromatic heterocycles. The van der Waals surface area contributed by atoms with E-state index >= 15 is 0 Å². The van der Waals surface area contributed by atoms with Crippen LogP contribution in [0.2, 0.25) is 0 Å². The van der Waals surface area contributed by atoms with Crippen molar-refractivity contribution in [1.29, 1.82) is 0 Å². The number of fused-ring (bicyclic) bond motifs is 1. The van der Waals surface area contributed by atoms with E-state index in [2.05, 4.69) is 0 Å². The van der Waals surface area contributed by atoms with Crippen molar-refractivity contribution in [2.24, 2.45) is 5.92 Å². The summed E-state index contributed by atoms with van der Waals surface area (Å²) in [5, 5.41) is 1.99. The van der Waals surface area contributed by atoms with E-state index < -0.39 is 0 Å². The first kappa shape index (κ1) is 18.1. The molecule has 0 unspecified atom stereocenters. The minimum Gasteiger partial charge on any atom is -0.497 e. The van der Waals surface area contributed by atoms with Crippen LogP contribution in [0, 0.1) is 5.92 Å². The summed E-state index contributed by atoms with van der Waals surface area (Å²) in [4.78, 5) is 26.6. The van der Waals surface area contributed by atoms with Crippen LogP contribution in [0.1, 0.15) is 23.4 Å². The van der Waals surface area contributed by atoms with E-state index in [1.54, 1.807) is 30.2 Å². The third-order valence-corrected chi connectivity index (χ3v) is 5.08. The highest BCUT2D eigenvalue weighted by Crippen LogP contribution is 2.27.